The first-order valence-corrected chi connectivity index (χ1v) is 4.91. The lowest BCUT2D eigenvalue weighted by Gasteiger charge is -2.12. The van der Waals surface area contributed by atoms with Crippen molar-refractivity contribution in [2.75, 3.05) is 13.7 Å². The molecule has 4 nitrogen and oxygen atoms in total. The average molecular weight is 218 g/mol. The topological polar surface area (TPSA) is 39.1 Å². The van der Waals surface area contributed by atoms with Crippen LogP contribution in [0.3, 0.4) is 0 Å². The smallest absolute Gasteiger partial charge is 0.128 e. The average Bonchev–Trinajstić information content (AvgIpc) is 2.46. The number of halogens is 1. The van der Waals surface area contributed by atoms with E-state index in [1.807, 2.05) is 11.6 Å². The van der Waals surface area contributed by atoms with Crippen molar-refractivity contribution in [1.29, 1.82) is 0 Å². The highest BCUT2D eigenvalue weighted by Gasteiger charge is 2.05. The summed E-state index contributed by atoms with van der Waals surface area (Å²) in [4.78, 5) is 4.18. The Morgan fingerprint density at radius 1 is 1.71 bits per heavy atom. The van der Waals surface area contributed by atoms with Crippen LogP contribution in [0.25, 0.3) is 0 Å². The Kier molecular flexibility index (Phi) is 4.38. The molecule has 0 radical (unpaired) electrons. The Morgan fingerprint density at radius 3 is 2.93 bits per heavy atom. The van der Waals surface area contributed by atoms with Crippen molar-refractivity contribution in [3.05, 3.63) is 17.2 Å². The summed E-state index contributed by atoms with van der Waals surface area (Å²) in [5.74, 6) is 0.929. The maximum Gasteiger partial charge on any atom is 0.128 e. The number of nitrogens with one attached hydrogen (secondary N) is 1. The van der Waals surface area contributed by atoms with Crippen LogP contribution in [0.4, 0.5) is 0 Å². The molecule has 1 rings (SSSR count). The van der Waals surface area contributed by atoms with E-state index in [0.717, 1.165) is 5.82 Å². The summed E-state index contributed by atoms with van der Waals surface area (Å²) in [5, 5.41) is 3.94. The van der Waals surface area contributed by atoms with Crippen molar-refractivity contribution in [2.45, 2.75) is 19.5 Å². The quantitative estimate of drug-likeness (QED) is 0.806. The Hall–Kier alpha value is -0.580. The minimum atomic E-state index is 0.315. The van der Waals surface area contributed by atoms with Gasteiger partial charge in [0.05, 0.1) is 19.3 Å². The Balaban J connectivity index is 2.41. The fourth-order valence-electron chi connectivity index (χ4n) is 1.16. The number of nitrogens with zero attached hydrogens (tertiary/aromatic N) is 2. The van der Waals surface area contributed by atoms with Crippen LogP contribution in [-0.4, -0.2) is 29.3 Å². The number of hydrogen-bond donors (Lipinski definition) is 1. The standard InChI is InChI=1S/C9H16ClN3O/c1-7(6-14-3)11-5-9-12-4-8(10)13(9)2/h4,7,11H,5-6H2,1-3H3. The molecule has 1 unspecified atom stereocenters. The molecule has 0 amide bonds. The van der Waals surface area contributed by atoms with Gasteiger partial charge in [0.25, 0.3) is 0 Å². The lowest BCUT2D eigenvalue weighted by Crippen LogP contribution is -2.30. The minimum Gasteiger partial charge on any atom is -0.383 e. The van der Waals surface area contributed by atoms with E-state index in [1.165, 1.54) is 0 Å². The SMILES string of the molecule is COCC(C)NCc1ncc(Cl)n1C. The molecule has 0 fully saturated rings. The van der Waals surface area contributed by atoms with Crippen molar-refractivity contribution in [3.8, 4) is 0 Å². The van der Waals surface area contributed by atoms with E-state index in [9.17, 15) is 0 Å². The van der Waals surface area contributed by atoms with Gasteiger partial charge in [0.1, 0.15) is 11.0 Å². The van der Waals surface area contributed by atoms with E-state index in [0.29, 0.717) is 24.3 Å². The highest BCUT2D eigenvalue weighted by Crippen LogP contribution is 2.08. The van der Waals surface area contributed by atoms with Crippen LogP contribution in [0.15, 0.2) is 6.20 Å². The molecule has 0 spiro atoms. The molecule has 0 saturated carbocycles. The Labute approximate surface area is 89.2 Å². The second kappa shape index (κ2) is 5.34. The van der Waals surface area contributed by atoms with Gasteiger partial charge in [-0.25, -0.2) is 4.98 Å². The van der Waals surface area contributed by atoms with E-state index < -0.39 is 0 Å². The fraction of sp³-hybridized carbons (Fsp3) is 0.667. The zero-order chi connectivity index (χ0) is 10.6. The first kappa shape index (κ1) is 11.5. The van der Waals surface area contributed by atoms with Crippen LogP contribution < -0.4 is 5.32 Å². The summed E-state index contributed by atoms with van der Waals surface area (Å²) in [5.41, 5.74) is 0. The molecule has 5 heteroatoms. The zero-order valence-corrected chi connectivity index (χ0v) is 9.51. The number of rotatable bonds is 5. The van der Waals surface area contributed by atoms with Crippen LogP contribution in [0.5, 0.6) is 0 Å². The highest BCUT2D eigenvalue weighted by atomic mass is 35.5. The summed E-state index contributed by atoms with van der Waals surface area (Å²) in [6, 6.07) is 0.315. The van der Waals surface area contributed by atoms with Crippen LogP contribution in [0.2, 0.25) is 5.15 Å². The largest absolute Gasteiger partial charge is 0.383 e. The van der Waals surface area contributed by atoms with E-state index in [-0.39, 0.29) is 0 Å². The molecule has 1 aromatic heterocycles. The predicted molar refractivity (Wildman–Crippen MR) is 56.4 cm³/mol. The van der Waals surface area contributed by atoms with Crippen molar-refractivity contribution in [2.24, 2.45) is 7.05 Å². The summed E-state index contributed by atoms with van der Waals surface area (Å²) >= 11 is 5.85. The van der Waals surface area contributed by atoms with Gasteiger partial charge >= 0.3 is 0 Å². The van der Waals surface area contributed by atoms with Gasteiger partial charge < -0.3 is 14.6 Å². The second-order valence-electron chi connectivity index (χ2n) is 3.29. The van der Waals surface area contributed by atoms with E-state index in [2.05, 4.69) is 17.2 Å². The lowest BCUT2D eigenvalue weighted by molar-refractivity contribution is 0.171. The summed E-state index contributed by atoms with van der Waals surface area (Å²) in [7, 11) is 3.59. The highest BCUT2D eigenvalue weighted by molar-refractivity contribution is 6.29. The number of imidazole rings is 1. The monoisotopic (exact) mass is 217 g/mol. The van der Waals surface area contributed by atoms with Crippen LogP contribution >= 0.6 is 11.6 Å². The van der Waals surface area contributed by atoms with Gasteiger partial charge in [-0.15, -0.1) is 0 Å². The number of ether oxygens (including phenoxy) is 1. The van der Waals surface area contributed by atoms with E-state index in [1.54, 1.807) is 13.3 Å². The van der Waals surface area contributed by atoms with Gasteiger partial charge in [0.15, 0.2) is 0 Å². The van der Waals surface area contributed by atoms with Crippen molar-refractivity contribution >= 4 is 11.6 Å². The Morgan fingerprint density at radius 2 is 2.43 bits per heavy atom. The molecule has 0 aliphatic heterocycles. The van der Waals surface area contributed by atoms with Gasteiger partial charge in [-0.2, -0.15) is 0 Å². The number of methoxy groups -OCH3 is 1. The normalized spacial score (nSPS) is 13.1. The van der Waals surface area contributed by atoms with Crippen LogP contribution in [-0.2, 0) is 18.3 Å². The van der Waals surface area contributed by atoms with Crippen molar-refractivity contribution < 1.29 is 4.74 Å². The molecule has 0 saturated heterocycles. The fourth-order valence-corrected chi connectivity index (χ4v) is 1.31. The third-order valence-electron chi connectivity index (χ3n) is 2.05. The molecule has 14 heavy (non-hydrogen) atoms. The van der Waals surface area contributed by atoms with Crippen LogP contribution in [0, 0.1) is 0 Å². The van der Waals surface area contributed by atoms with Gasteiger partial charge in [0.2, 0.25) is 0 Å². The molecule has 1 aromatic rings. The molecule has 1 N–H and O–H groups in total. The molecule has 0 aromatic carbocycles. The minimum absolute atomic E-state index is 0.315. The molecule has 0 bridgehead atoms. The summed E-state index contributed by atoms with van der Waals surface area (Å²) < 4.78 is 6.87. The number of aromatic nitrogens is 2. The molecule has 0 aliphatic carbocycles. The third-order valence-corrected chi connectivity index (χ3v) is 2.40. The first-order valence-electron chi connectivity index (χ1n) is 4.53. The zero-order valence-electron chi connectivity index (χ0n) is 8.75. The summed E-state index contributed by atoms with van der Waals surface area (Å²) in [6.45, 7) is 3.46. The van der Waals surface area contributed by atoms with Gasteiger partial charge in [-0.05, 0) is 6.92 Å². The lowest BCUT2D eigenvalue weighted by atomic mass is 10.3. The predicted octanol–water partition coefficient (Wildman–Crippen LogP) is 1.20. The number of hydrogen-bond acceptors (Lipinski definition) is 3. The van der Waals surface area contributed by atoms with Gasteiger partial charge in [-0.3, -0.25) is 0 Å². The third kappa shape index (κ3) is 2.97. The molecule has 0 aliphatic rings. The van der Waals surface area contributed by atoms with Crippen LogP contribution in [0.1, 0.15) is 12.7 Å². The Bertz CT molecular complexity index is 288. The maximum absolute atomic E-state index is 5.85. The first-order chi connectivity index (χ1) is 6.65. The molecule has 1 atom stereocenters. The molecule has 1 heterocycles. The van der Waals surface area contributed by atoms with Crippen molar-refractivity contribution in [3.63, 3.8) is 0 Å². The van der Waals surface area contributed by atoms with Gasteiger partial charge in [0, 0.05) is 20.2 Å². The van der Waals surface area contributed by atoms with Crippen molar-refractivity contribution in [1.82, 2.24) is 14.9 Å². The second-order valence-corrected chi connectivity index (χ2v) is 3.68. The summed E-state index contributed by atoms with van der Waals surface area (Å²) in [6.07, 6.45) is 1.65. The van der Waals surface area contributed by atoms with E-state index >= 15 is 0 Å². The molecular weight excluding hydrogens is 202 g/mol. The van der Waals surface area contributed by atoms with Gasteiger partial charge in [-0.1, -0.05) is 11.6 Å². The molecule has 80 valence electrons. The maximum atomic E-state index is 5.85. The molecular formula is C9H16ClN3O. The van der Waals surface area contributed by atoms with E-state index in [4.69, 9.17) is 16.3 Å².